The van der Waals surface area contributed by atoms with Crippen LogP contribution in [0.3, 0.4) is 0 Å². The quantitative estimate of drug-likeness (QED) is 0.883. The van der Waals surface area contributed by atoms with Gasteiger partial charge in [-0.2, -0.15) is 0 Å². The van der Waals surface area contributed by atoms with Crippen molar-refractivity contribution in [3.63, 3.8) is 0 Å². The van der Waals surface area contributed by atoms with Crippen molar-refractivity contribution < 1.29 is 5.11 Å². The number of β-amino-alcohol motifs (C(OH)–C–C–N with tert-alkyl or cyclic N) is 1. The summed E-state index contributed by atoms with van der Waals surface area (Å²) in [4.78, 5) is 2.24. The van der Waals surface area contributed by atoms with Crippen molar-refractivity contribution in [1.82, 2.24) is 4.90 Å². The Morgan fingerprint density at radius 3 is 2.75 bits per heavy atom. The van der Waals surface area contributed by atoms with E-state index in [9.17, 15) is 5.11 Å². The molecular weight excluding hydrogens is 245 g/mol. The molecule has 2 rings (SSSR count). The van der Waals surface area contributed by atoms with Gasteiger partial charge in [0.25, 0.3) is 0 Å². The van der Waals surface area contributed by atoms with Crippen LogP contribution in [0.5, 0.6) is 0 Å². The normalized spacial score (nSPS) is 23.6. The fraction of sp³-hybridized carbons (Fsp3) is 0.500. The molecule has 0 radical (unpaired) electrons. The maximum atomic E-state index is 9.51. The number of hydrogen-bond donors (Lipinski definition) is 1. The highest BCUT2D eigenvalue weighted by Gasteiger charge is 2.26. The number of halogens is 2. The molecule has 0 saturated carbocycles. The van der Waals surface area contributed by atoms with Crippen molar-refractivity contribution in [1.29, 1.82) is 0 Å². The summed E-state index contributed by atoms with van der Waals surface area (Å²) >= 11 is 12.0. The molecule has 0 aliphatic carbocycles. The van der Waals surface area contributed by atoms with Gasteiger partial charge in [-0.15, -0.1) is 0 Å². The first-order chi connectivity index (χ1) is 7.58. The van der Waals surface area contributed by atoms with Gasteiger partial charge in [-0.3, -0.25) is 4.90 Å². The summed E-state index contributed by atoms with van der Waals surface area (Å²) in [6.45, 7) is 3.74. The molecule has 2 atom stereocenters. The first-order valence-electron chi connectivity index (χ1n) is 5.45. The highest BCUT2D eigenvalue weighted by molar-refractivity contribution is 6.35. The van der Waals surface area contributed by atoms with Gasteiger partial charge in [0.05, 0.1) is 6.10 Å². The van der Waals surface area contributed by atoms with E-state index in [4.69, 9.17) is 23.2 Å². The summed E-state index contributed by atoms with van der Waals surface area (Å²) in [5.41, 5.74) is 1.07. The average molecular weight is 260 g/mol. The first kappa shape index (κ1) is 12.2. The molecule has 2 nitrogen and oxygen atoms in total. The average Bonchev–Trinajstić information content (AvgIpc) is 2.64. The van der Waals surface area contributed by atoms with Crippen molar-refractivity contribution in [2.45, 2.75) is 25.5 Å². The number of aliphatic hydroxyl groups is 1. The Morgan fingerprint density at radius 2 is 2.19 bits per heavy atom. The minimum Gasteiger partial charge on any atom is -0.392 e. The Kier molecular flexibility index (Phi) is 3.75. The van der Waals surface area contributed by atoms with Gasteiger partial charge in [-0.1, -0.05) is 29.3 Å². The Morgan fingerprint density at radius 1 is 1.44 bits per heavy atom. The molecule has 1 aromatic rings. The van der Waals surface area contributed by atoms with E-state index in [-0.39, 0.29) is 12.1 Å². The van der Waals surface area contributed by atoms with Crippen LogP contribution in [0.15, 0.2) is 18.2 Å². The Hall–Kier alpha value is -0.280. The van der Waals surface area contributed by atoms with Crippen LogP contribution in [0.4, 0.5) is 0 Å². The van der Waals surface area contributed by atoms with Gasteiger partial charge in [-0.05, 0) is 31.0 Å². The van der Waals surface area contributed by atoms with Crippen molar-refractivity contribution in [2.24, 2.45) is 0 Å². The SMILES string of the molecule is CC(c1ccc(Cl)cc1Cl)N1CC[C@@H](O)C1. The standard InChI is InChI=1S/C12H15Cl2NO/c1-8(15-5-4-10(16)7-15)11-3-2-9(13)6-12(11)14/h2-3,6,8,10,16H,4-5,7H2,1H3/t8?,10-/m1/s1. The molecule has 1 aromatic carbocycles. The molecule has 4 heteroatoms. The number of benzene rings is 1. The van der Waals surface area contributed by atoms with E-state index in [1.54, 1.807) is 6.07 Å². The molecule has 1 aliphatic heterocycles. The van der Waals surface area contributed by atoms with Crippen molar-refractivity contribution >= 4 is 23.2 Å². The molecule has 0 bridgehead atoms. The predicted octanol–water partition coefficient (Wildman–Crippen LogP) is 3.12. The fourth-order valence-corrected chi connectivity index (χ4v) is 2.72. The minimum atomic E-state index is -0.200. The van der Waals surface area contributed by atoms with Crippen LogP contribution in [0.1, 0.15) is 24.9 Å². The van der Waals surface area contributed by atoms with Crippen LogP contribution in [0.2, 0.25) is 10.0 Å². The van der Waals surface area contributed by atoms with Crippen LogP contribution < -0.4 is 0 Å². The third-order valence-electron chi connectivity index (χ3n) is 3.16. The molecule has 1 N–H and O–H groups in total. The van der Waals surface area contributed by atoms with Crippen LogP contribution in [-0.2, 0) is 0 Å². The first-order valence-corrected chi connectivity index (χ1v) is 6.20. The molecule has 16 heavy (non-hydrogen) atoms. The van der Waals surface area contributed by atoms with E-state index in [1.807, 2.05) is 12.1 Å². The molecule has 1 unspecified atom stereocenters. The maximum absolute atomic E-state index is 9.51. The second kappa shape index (κ2) is 4.92. The Balaban J connectivity index is 2.17. The summed E-state index contributed by atoms with van der Waals surface area (Å²) in [6.07, 6.45) is 0.642. The van der Waals surface area contributed by atoms with E-state index < -0.39 is 0 Å². The monoisotopic (exact) mass is 259 g/mol. The van der Waals surface area contributed by atoms with E-state index in [0.29, 0.717) is 10.0 Å². The second-order valence-electron chi connectivity index (χ2n) is 4.28. The zero-order valence-electron chi connectivity index (χ0n) is 9.16. The molecule has 88 valence electrons. The number of rotatable bonds is 2. The molecule has 0 spiro atoms. The predicted molar refractivity (Wildman–Crippen MR) is 67.1 cm³/mol. The van der Waals surface area contributed by atoms with Gasteiger partial charge in [0, 0.05) is 29.2 Å². The highest BCUT2D eigenvalue weighted by atomic mass is 35.5. The lowest BCUT2D eigenvalue weighted by molar-refractivity contribution is 0.163. The van der Waals surface area contributed by atoms with Crippen molar-refractivity contribution in [2.75, 3.05) is 13.1 Å². The molecule has 1 heterocycles. The summed E-state index contributed by atoms with van der Waals surface area (Å²) in [5, 5.41) is 10.9. The lowest BCUT2D eigenvalue weighted by Gasteiger charge is -2.25. The van der Waals surface area contributed by atoms with Crippen molar-refractivity contribution in [3.05, 3.63) is 33.8 Å². The zero-order valence-corrected chi connectivity index (χ0v) is 10.7. The van der Waals surface area contributed by atoms with Crippen LogP contribution in [-0.4, -0.2) is 29.2 Å². The maximum Gasteiger partial charge on any atom is 0.0679 e. The molecular formula is C12H15Cl2NO. The van der Waals surface area contributed by atoms with E-state index >= 15 is 0 Å². The zero-order chi connectivity index (χ0) is 11.7. The third kappa shape index (κ3) is 2.51. The Bertz CT molecular complexity index is 383. The number of nitrogens with zero attached hydrogens (tertiary/aromatic N) is 1. The van der Waals surface area contributed by atoms with Gasteiger partial charge in [0.15, 0.2) is 0 Å². The summed E-state index contributed by atoms with van der Waals surface area (Å²) in [6, 6.07) is 5.80. The second-order valence-corrected chi connectivity index (χ2v) is 5.12. The van der Waals surface area contributed by atoms with Gasteiger partial charge >= 0.3 is 0 Å². The minimum absolute atomic E-state index is 0.200. The third-order valence-corrected chi connectivity index (χ3v) is 3.72. The van der Waals surface area contributed by atoms with Gasteiger partial charge in [-0.25, -0.2) is 0 Å². The fourth-order valence-electron chi connectivity index (χ4n) is 2.16. The highest BCUT2D eigenvalue weighted by Crippen LogP contribution is 2.31. The number of hydrogen-bond acceptors (Lipinski definition) is 2. The van der Waals surface area contributed by atoms with Gasteiger partial charge in [0.1, 0.15) is 0 Å². The topological polar surface area (TPSA) is 23.5 Å². The van der Waals surface area contributed by atoms with Crippen LogP contribution in [0, 0.1) is 0 Å². The molecule has 0 amide bonds. The molecule has 0 aromatic heterocycles. The van der Waals surface area contributed by atoms with Gasteiger partial charge in [0.2, 0.25) is 0 Å². The number of aliphatic hydroxyl groups excluding tert-OH is 1. The number of likely N-dealkylation sites (tertiary alicyclic amines) is 1. The summed E-state index contributed by atoms with van der Waals surface area (Å²) in [7, 11) is 0. The van der Waals surface area contributed by atoms with Gasteiger partial charge < -0.3 is 5.11 Å². The Labute approximate surface area is 106 Å². The molecule has 1 fully saturated rings. The van der Waals surface area contributed by atoms with E-state index in [2.05, 4.69) is 11.8 Å². The van der Waals surface area contributed by atoms with Crippen LogP contribution in [0.25, 0.3) is 0 Å². The van der Waals surface area contributed by atoms with E-state index in [0.717, 1.165) is 25.1 Å². The van der Waals surface area contributed by atoms with E-state index in [1.165, 1.54) is 0 Å². The summed E-state index contributed by atoms with van der Waals surface area (Å²) < 4.78 is 0. The molecule has 1 aliphatic rings. The largest absolute Gasteiger partial charge is 0.392 e. The summed E-state index contributed by atoms with van der Waals surface area (Å²) in [5.74, 6) is 0. The lowest BCUT2D eigenvalue weighted by atomic mass is 10.1. The van der Waals surface area contributed by atoms with Crippen LogP contribution >= 0.6 is 23.2 Å². The smallest absolute Gasteiger partial charge is 0.0679 e. The molecule has 1 saturated heterocycles. The van der Waals surface area contributed by atoms with Crippen molar-refractivity contribution in [3.8, 4) is 0 Å². The lowest BCUT2D eigenvalue weighted by Crippen LogP contribution is -2.25.